The summed E-state index contributed by atoms with van der Waals surface area (Å²) in [4.78, 5) is 34.7. The standard InChI is InChI=1S/C12H14F6O9S/c1-25-6(19)3-5(7(9(21)26-2)28(22,23)24)8(20)27-4-11(14,15)10(13)12(16,17)18/h5,7,10H,3-4H2,1-2H3,(H,22,23,24). The molecule has 0 heterocycles. The van der Waals surface area contributed by atoms with Crippen molar-refractivity contribution in [1.29, 1.82) is 0 Å². The highest BCUT2D eigenvalue weighted by atomic mass is 32.2. The number of alkyl halides is 6. The van der Waals surface area contributed by atoms with Crippen LogP contribution >= 0.6 is 0 Å². The first-order valence-corrected chi connectivity index (χ1v) is 8.35. The van der Waals surface area contributed by atoms with Gasteiger partial charge in [0.1, 0.15) is 0 Å². The Hall–Kier alpha value is -2.10. The Morgan fingerprint density at radius 1 is 1.00 bits per heavy atom. The minimum Gasteiger partial charge on any atom is -0.469 e. The molecular weight excluding hydrogens is 434 g/mol. The molecule has 0 aliphatic heterocycles. The van der Waals surface area contributed by atoms with Crippen LogP contribution in [0, 0.1) is 5.92 Å². The Morgan fingerprint density at radius 3 is 1.86 bits per heavy atom. The third kappa shape index (κ3) is 7.14. The SMILES string of the molecule is COC(=O)CC(C(=O)OCC(F)(F)C(F)C(F)(F)F)C(C(=O)OC)S(=O)(=O)O. The molecule has 1 N–H and O–H groups in total. The summed E-state index contributed by atoms with van der Waals surface area (Å²) in [7, 11) is -4.14. The Morgan fingerprint density at radius 2 is 1.50 bits per heavy atom. The third-order valence-electron chi connectivity index (χ3n) is 3.10. The van der Waals surface area contributed by atoms with Gasteiger partial charge < -0.3 is 14.2 Å². The van der Waals surface area contributed by atoms with Crippen molar-refractivity contribution >= 4 is 28.0 Å². The minimum absolute atomic E-state index is 0.603. The lowest BCUT2D eigenvalue weighted by Gasteiger charge is -2.24. The zero-order valence-corrected chi connectivity index (χ0v) is 14.9. The van der Waals surface area contributed by atoms with Crippen LogP contribution in [0.4, 0.5) is 26.3 Å². The smallest absolute Gasteiger partial charge is 0.425 e. The van der Waals surface area contributed by atoms with Crippen LogP contribution in [0.2, 0.25) is 0 Å². The van der Waals surface area contributed by atoms with Crippen LogP contribution in [-0.4, -0.2) is 75.2 Å². The Kier molecular flexibility index (Phi) is 8.69. The molecule has 0 aliphatic carbocycles. The van der Waals surface area contributed by atoms with Crippen LogP contribution in [0.1, 0.15) is 6.42 Å². The van der Waals surface area contributed by atoms with E-state index in [0.717, 1.165) is 7.11 Å². The molecule has 164 valence electrons. The van der Waals surface area contributed by atoms with Crippen LogP contribution in [-0.2, 0) is 38.7 Å². The van der Waals surface area contributed by atoms with Gasteiger partial charge in [0.25, 0.3) is 16.3 Å². The molecule has 0 bridgehead atoms. The van der Waals surface area contributed by atoms with E-state index in [1.165, 1.54) is 0 Å². The van der Waals surface area contributed by atoms with E-state index in [2.05, 4.69) is 14.2 Å². The van der Waals surface area contributed by atoms with E-state index >= 15 is 0 Å². The Labute approximate surface area is 153 Å². The summed E-state index contributed by atoms with van der Waals surface area (Å²) in [5, 5.41) is -2.86. The lowest BCUT2D eigenvalue weighted by atomic mass is 10.0. The Bertz CT molecular complexity index is 690. The monoisotopic (exact) mass is 448 g/mol. The van der Waals surface area contributed by atoms with Gasteiger partial charge in [-0.15, -0.1) is 0 Å². The minimum atomic E-state index is -6.01. The number of halogens is 6. The predicted molar refractivity (Wildman–Crippen MR) is 74.3 cm³/mol. The van der Waals surface area contributed by atoms with Gasteiger partial charge in [0, 0.05) is 0 Å². The number of carbonyl (C=O) groups excluding carboxylic acids is 3. The van der Waals surface area contributed by atoms with Crippen molar-refractivity contribution in [3.05, 3.63) is 0 Å². The van der Waals surface area contributed by atoms with Crippen LogP contribution in [0.25, 0.3) is 0 Å². The fourth-order valence-electron chi connectivity index (χ4n) is 1.77. The van der Waals surface area contributed by atoms with E-state index in [4.69, 9.17) is 4.55 Å². The van der Waals surface area contributed by atoms with Crippen molar-refractivity contribution in [3.63, 3.8) is 0 Å². The van der Waals surface area contributed by atoms with Gasteiger partial charge in [0.2, 0.25) is 0 Å². The summed E-state index contributed by atoms with van der Waals surface area (Å²) in [5.74, 6) is -13.2. The van der Waals surface area contributed by atoms with Crippen molar-refractivity contribution < 1.29 is 67.9 Å². The quantitative estimate of drug-likeness (QED) is 0.234. The first-order chi connectivity index (χ1) is 12.5. The van der Waals surface area contributed by atoms with Crippen molar-refractivity contribution in [2.24, 2.45) is 5.92 Å². The number of carbonyl (C=O) groups is 3. The van der Waals surface area contributed by atoms with E-state index < -0.39 is 70.5 Å². The summed E-state index contributed by atoms with van der Waals surface area (Å²) < 4.78 is 119. The highest BCUT2D eigenvalue weighted by molar-refractivity contribution is 7.87. The maximum absolute atomic E-state index is 13.2. The lowest BCUT2D eigenvalue weighted by Crippen LogP contribution is -2.47. The molecule has 0 radical (unpaired) electrons. The summed E-state index contributed by atoms with van der Waals surface area (Å²) in [6.07, 6.45) is -12.1. The molecule has 9 nitrogen and oxygen atoms in total. The maximum atomic E-state index is 13.2. The number of rotatable bonds is 9. The first kappa shape index (κ1) is 25.9. The topological polar surface area (TPSA) is 133 Å². The number of hydrogen-bond acceptors (Lipinski definition) is 8. The molecule has 0 fully saturated rings. The second kappa shape index (κ2) is 9.40. The highest BCUT2D eigenvalue weighted by Crippen LogP contribution is 2.35. The second-order valence-corrected chi connectivity index (χ2v) is 6.66. The second-order valence-electron chi connectivity index (χ2n) is 5.12. The van der Waals surface area contributed by atoms with Gasteiger partial charge in [-0.25, -0.2) is 4.39 Å². The zero-order valence-electron chi connectivity index (χ0n) is 14.0. The fourth-order valence-corrected chi connectivity index (χ4v) is 2.74. The molecule has 0 aliphatic rings. The molecule has 0 rings (SSSR count). The molecule has 0 amide bonds. The van der Waals surface area contributed by atoms with Gasteiger partial charge in [0.05, 0.1) is 26.6 Å². The fraction of sp³-hybridized carbons (Fsp3) is 0.750. The third-order valence-corrected chi connectivity index (χ3v) is 4.26. The molecule has 0 saturated carbocycles. The number of ether oxygens (including phenoxy) is 3. The molecule has 0 aromatic carbocycles. The summed E-state index contributed by atoms with van der Waals surface area (Å²) in [5.41, 5.74) is 0. The normalized spacial score (nSPS) is 15.9. The van der Waals surface area contributed by atoms with Gasteiger partial charge >= 0.3 is 30.0 Å². The molecule has 3 unspecified atom stereocenters. The first-order valence-electron chi connectivity index (χ1n) is 6.85. The van der Waals surface area contributed by atoms with E-state index in [-0.39, 0.29) is 0 Å². The largest absolute Gasteiger partial charge is 0.469 e. The molecule has 0 aromatic heterocycles. The van der Waals surface area contributed by atoms with Gasteiger partial charge in [0.15, 0.2) is 11.9 Å². The molecular formula is C12H14F6O9S. The van der Waals surface area contributed by atoms with Crippen LogP contribution in [0.15, 0.2) is 0 Å². The van der Waals surface area contributed by atoms with Gasteiger partial charge in [-0.1, -0.05) is 0 Å². The van der Waals surface area contributed by atoms with Crippen LogP contribution < -0.4 is 0 Å². The molecule has 3 atom stereocenters. The zero-order chi connectivity index (χ0) is 22.5. The number of methoxy groups -OCH3 is 2. The van der Waals surface area contributed by atoms with Crippen molar-refractivity contribution in [1.82, 2.24) is 0 Å². The van der Waals surface area contributed by atoms with Crippen LogP contribution in [0.5, 0.6) is 0 Å². The Balaban J connectivity index is 5.72. The van der Waals surface area contributed by atoms with Gasteiger partial charge in [-0.05, 0) is 0 Å². The lowest BCUT2D eigenvalue weighted by molar-refractivity contribution is -0.254. The predicted octanol–water partition coefficient (Wildman–Crippen LogP) is 0.674. The summed E-state index contributed by atoms with van der Waals surface area (Å²) in [6, 6.07) is 0. The average Bonchev–Trinajstić information content (AvgIpc) is 2.55. The summed E-state index contributed by atoms with van der Waals surface area (Å²) in [6.45, 7) is -2.51. The van der Waals surface area contributed by atoms with E-state index in [0.29, 0.717) is 7.11 Å². The van der Waals surface area contributed by atoms with Crippen LogP contribution in [0.3, 0.4) is 0 Å². The number of hydrogen-bond donors (Lipinski definition) is 1. The summed E-state index contributed by atoms with van der Waals surface area (Å²) >= 11 is 0. The number of esters is 3. The van der Waals surface area contributed by atoms with E-state index in [1.807, 2.05) is 0 Å². The van der Waals surface area contributed by atoms with Crippen molar-refractivity contribution in [2.45, 2.75) is 29.9 Å². The van der Waals surface area contributed by atoms with Gasteiger partial charge in [-0.2, -0.15) is 30.4 Å². The van der Waals surface area contributed by atoms with E-state index in [1.54, 1.807) is 0 Å². The average molecular weight is 448 g/mol. The molecule has 28 heavy (non-hydrogen) atoms. The molecule has 16 heteroatoms. The van der Waals surface area contributed by atoms with Crippen molar-refractivity contribution in [3.8, 4) is 0 Å². The maximum Gasteiger partial charge on any atom is 0.425 e. The van der Waals surface area contributed by atoms with Gasteiger partial charge in [-0.3, -0.25) is 18.9 Å². The molecule has 0 saturated heterocycles. The van der Waals surface area contributed by atoms with Crippen molar-refractivity contribution in [2.75, 3.05) is 20.8 Å². The molecule has 0 spiro atoms. The molecule has 0 aromatic rings. The highest BCUT2D eigenvalue weighted by Gasteiger charge is 2.58. The van der Waals surface area contributed by atoms with E-state index in [9.17, 15) is 49.1 Å².